The molecule has 2 heterocycles. The molecule has 0 aliphatic carbocycles. The number of thiophene rings is 1. The Balaban J connectivity index is 1.56. The molecule has 29 heavy (non-hydrogen) atoms. The van der Waals surface area contributed by atoms with E-state index in [2.05, 4.69) is 16.3 Å². The molecule has 0 saturated carbocycles. The molecule has 156 valence electrons. The van der Waals surface area contributed by atoms with Gasteiger partial charge in [0.25, 0.3) is 5.91 Å². The standard InChI is InChI=1S/C21H26N2O5S/c1-15(24)16-5-6-18(19(12-16)26-2)28-14-21(25)22-13-17(20-4-3-11-29-20)23-7-9-27-10-8-23/h3-6,11-12,17H,7-10,13-14H2,1-2H3,(H,22,25). The lowest BCUT2D eigenvalue weighted by Crippen LogP contribution is -2.44. The van der Waals surface area contributed by atoms with Gasteiger partial charge in [-0.1, -0.05) is 6.07 Å². The molecule has 1 aliphatic heterocycles. The molecule has 1 aromatic carbocycles. The maximum Gasteiger partial charge on any atom is 0.258 e. The lowest BCUT2D eigenvalue weighted by Gasteiger charge is -2.34. The zero-order chi connectivity index (χ0) is 20.6. The fourth-order valence-electron chi connectivity index (χ4n) is 3.19. The molecule has 0 bridgehead atoms. The fraction of sp³-hybridized carbons (Fsp3) is 0.429. The summed E-state index contributed by atoms with van der Waals surface area (Å²) in [5, 5.41) is 5.02. The van der Waals surface area contributed by atoms with E-state index in [-0.39, 0.29) is 24.3 Å². The minimum Gasteiger partial charge on any atom is -0.493 e. The van der Waals surface area contributed by atoms with Gasteiger partial charge < -0.3 is 19.5 Å². The first-order valence-electron chi connectivity index (χ1n) is 9.52. The van der Waals surface area contributed by atoms with Crippen LogP contribution in [0.4, 0.5) is 0 Å². The largest absolute Gasteiger partial charge is 0.493 e. The van der Waals surface area contributed by atoms with Gasteiger partial charge in [0, 0.05) is 30.1 Å². The van der Waals surface area contributed by atoms with Crippen molar-refractivity contribution in [2.75, 3.05) is 46.6 Å². The quantitative estimate of drug-likeness (QED) is 0.631. The maximum atomic E-state index is 12.4. The first-order chi connectivity index (χ1) is 14.1. The van der Waals surface area contributed by atoms with E-state index in [1.807, 2.05) is 11.4 Å². The molecule has 1 unspecified atom stereocenters. The summed E-state index contributed by atoms with van der Waals surface area (Å²) in [6.07, 6.45) is 0. The molecule has 1 fully saturated rings. The van der Waals surface area contributed by atoms with Crippen molar-refractivity contribution in [2.24, 2.45) is 0 Å². The number of morpholine rings is 1. The van der Waals surface area contributed by atoms with E-state index in [0.717, 1.165) is 13.1 Å². The number of methoxy groups -OCH3 is 1. The van der Waals surface area contributed by atoms with E-state index in [9.17, 15) is 9.59 Å². The molecule has 3 rings (SSSR count). The van der Waals surface area contributed by atoms with Gasteiger partial charge in [0.15, 0.2) is 23.9 Å². The molecule has 0 radical (unpaired) electrons. The number of hydrogen-bond acceptors (Lipinski definition) is 7. The average Bonchev–Trinajstić information content (AvgIpc) is 3.27. The van der Waals surface area contributed by atoms with Crippen molar-refractivity contribution in [3.63, 3.8) is 0 Å². The van der Waals surface area contributed by atoms with E-state index in [1.165, 1.54) is 18.9 Å². The second-order valence-electron chi connectivity index (χ2n) is 6.69. The van der Waals surface area contributed by atoms with Gasteiger partial charge in [0.2, 0.25) is 0 Å². The molecule has 8 heteroatoms. The number of ketones is 1. The van der Waals surface area contributed by atoms with Crippen LogP contribution in [-0.4, -0.2) is 63.2 Å². The summed E-state index contributed by atoms with van der Waals surface area (Å²) in [6, 6.07) is 9.15. The Morgan fingerprint density at radius 1 is 1.24 bits per heavy atom. The lowest BCUT2D eigenvalue weighted by atomic mass is 10.1. The predicted molar refractivity (Wildman–Crippen MR) is 111 cm³/mol. The van der Waals surface area contributed by atoms with Gasteiger partial charge in [-0.25, -0.2) is 0 Å². The molecule has 1 saturated heterocycles. The highest BCUT2D eigenvalue weighted by molar-refractivity contribution is 7.10. The van der Waals surface area contributed by atoms with E-state index in [1.54, 1.807) is 29.5 Å². The molecular formula is C21H26N2O5S. The van der Waals surface area contributed by atoms with Gasteiger partial charge in [0.1, 0.15) is 0 Å². The topological polar surface area (TPSA) is 77.1 Å². The highest BCUT2D eigenvalue weighted by Gasteiger charge is 2.24. The number of amides is 1. The molecule has 1 atom stereocenters. The van der Waals surface area contributed by atoms with Crippen LogP contribution >= 0.6 is 11.3 Å². The zero-order valence-electron chi connectivity index (χ0n) is 16.7. The molecule has 1 amide bonds. The van der Waals surface area contributed by atoms with Crippen LogP contribution in [0.15, 0.2) is 35.7 Å². The highest BCUT2D eigenvalue weighted by atomic mass is 32.1. The second-order valence-corrected chi connectivity index (χ2v) is 7.67. The number of ether oxygens (including phenoxy) is 3. The van der Waals surface area contributed by atoms with Crippen LogP contribution in [0.25, 0.3) is 0 Å². The molecular weight excluding hydrogens is 392 g/mol. The first kappa shape index (κ1) is 21.3. The number of nitrogens with zero attached hydrogens (tertiary/aromatic N) is 1. The number of hydrogen-bond donors (Lipinski definition) is 1. The van der Waals surface area contributed by atoms with Crippen molar-refractivity contribution in [1.29, 1.82) is 0 Å². The molecule has 0 spiro atoms. The lowest BCUT2D eigenvalue weighted by molar-refractivity contribution is -0.123. The normalized spacial score (nSPS) is 15.5. The number of carbonyl (C=O) groups is 2. The van der Waals surface area contributed by atoms with Crippen LogP contribution in [0.1, 0.15) is 28.2 Å². The van der Waals surface area contributed by atoms with Crippen molar-refractivity contribution < 1.29 is 23.8 Å². The van der Waals surface area contributed by atoms with Crippen LogP contribution in [-0.2, 0) is 9.53 Å². The van der Waals surface area contributed by atoms with E-state index in [0.29, 0.717) is 36.8 Å². The molecule has 1 aromatic heterocycles. The van der Waals surface area contributed by atoms with Crippen LogP contribution in [0.5, 0.6) is 11.5 Å². The van der Waals surface area contributed by atoms with Gasteiger partial charge in [-0.05, 0) is 36.6 Å². The van der Waals surface area contributed by atoms with Crippen LogP contribution in [0.2, 0.25) is 0 Å². The number of Topliss-reactive ketones (excluding diaryl/α,β-unsaturated/α-hetero) is 1. The smallest absolute Gasteiger partial charge is 0.258 e. The summed E-state index contributed by atoms with van der Waals surface area (Å²) < 4.78 is 16.3. The van der Waals surface area contributed by atoms with Gasteiger partial charge in [0.05, 0.1) is 26.4 Å². The van der Waals surface area contributed by atoms with Crippen molar-refractivity contribution in [3.05, 3.63) is 46.2 Å². The second kappa shape index (κ2) is 10.4. The SMILES string of the molecule is COc1cc(C(C)=O)ccc1OCC(=O)NCC(c1cccs1)N1CCOCC1. The third-order valence-corrected chi connectivity index (χ3v) is 5.75. The summed E-state index contributed by atoms with van der Waals surface area (Å²) in [7, 11) is 1.50. The van der Waals surface area contributed by atoms with Gasteiger partial charge >= 0.3 is 0 Å². The Hall–Kier alpha value is -2.42. The van der Waals surface area contributed by atoms with Gasteiger partial charge in [-0.15, -0.1) is 11.3 Å². The third kappa shape index (κ3) is 5.79. The zero-order valence-corrected chi connectivity index (χ0v) is 17.5. The van der Waals surface area contributed by atoms with Crippen molar-refractivity contribution in [2.45, 2.75) is 13.0 Å². The van der Waals surface area contributed by atoms with Crippen molar-refractivity contribution in [3.8, 4) is 11.5 Å². The Labute approximate surface area is 174 Å². The number of rotatable bonds is 9. The number of carbonyl (C=O) groups excluding carboxylic acids is 2. The van der Waals surface area contributed by atoms with Crippen molar-refractivity contribution >= 4 is 23.0 Å². The van der Waals surface area contributed by atoms with Gasteiger partial charge in [-0.3, -0.25) is 14.5 Å². The molecule has 7 nitrogen and oxygen atoms in total. The number of benzene rings is 1. The Morgan fingerprint density at radius 2 is 2.03 bits per heavy atom. The Morgan fingerprint density at radius 3 is 2.69 bits per heavy atom. The first-order valence-corrected chi connectivity index (χ1v) is 10.4. The van der Waals surface area contributed by atoms with Crippen LogP contribution in [0.3, 0.4) is 0 Å². The Bertz CT molecular complexity index is 818. The van der Waals surface area contributed by atoms with E-state index < -0.39 is 0 Å². The van der Waals surface area contributed by atoms with E-state index >= 15 is 0 Å². The fourth-order valence-corrected chi connectivity index (χ4v) is 4.05. The summed E-state index contributed by atoms with van der Waals surface area (Å²) in [6.45, 7) is 4.95. The van der Waals surface area contributed by atoms with Crippen LogP contribution in [0, 0.1) is 0 Å². The van der Waals surface area contributed by atoms with Gasteiger partial charge in [-0.2, -0.15) is 0 Å². The maximum absolute atomic E-state index is 12.4. The third-order valence-electron chi connectivity index (χ3n) is 4.78. The number of nitrogens with one attached hydrogen (secondary N) is 1. The summed E-state index contributed by atoms with van der Waals surface area (Å²) in [5.41, 5.74) is 0.531. The molecule has 1 aliphatic rings. The summed E-state index contributed by atoms with van der Waals surface area (Å²) in [4.78, 5) is 27.4. The average molecular weight is 419 g/mol. The minimum absolute atomic E-state index is 0.0599. The predicted octanol–water partition coefficient (Wildman–Crippen LogP) is 2.53. The Kier molecular flexibility index (Phi) is 7.62. The summed E-state index contributed by atoms with van der Waals surface area (Å²) in [5.74, 6) is 0.582. The van der Waals surface area contributed by atoms with E-state index in [4.69, 9.17) is 14.2 Å². The molecule has 2 aromatic rings. The summed E-state index contributed by atoms with van der Waals surface area (Å²) >= 11 is 1.69. The molecule has 1 N–H and O–H groups in total. The van der Waals surface area contributed by atoms with Crippen LogP contribution < -0.4 is 14.8 Å². The monoisotopic (exact) mass is 418 g/mol. The van der Waals surface area contributed by atoms with Crippen molar-refractivity contribution in [1.82, 2.24) is 10.2 Å². The highest BCUT2D eigenvalue weighted by Crippen LogP contribution is 2.28. The minimum atomic E-state index is -0.211.